The summed E-state index contributed by atoms with van der Waals surface area (Å²) in [6.07, 6.45) is 2.31. The van der Waals surface area contributed by atoms with Crippen molar-refractivity contribution in [2.75, 3.05) is 20.3 Å². The van der Waals surface area contributed by atoms with Gasteiger partial charge in [0, 0.05) is 13.7 Å². The molecule has 0 aromatic heterocycles. The van der Waals surface area contributed by atoms with E-state index in [2.05, 4.69) is 81.5 Å². The molecule has 0 aliphatic rings. The lowest BCUT2D eigenvalue weighted by atomic mass is 9.78. The first-order valence-electron chi connectivity index (χ1n) is 9.41. The fourth-order valence-electron chi connectivity index (χ4n) is 3.58. The Morgan fingerprint density at radius 3 is 2.32 bits per heavy atom. The van der Waals surface area contributed by atoms with E-state index in [-0.39, 0.29) is 5.54 Å². The van der Waals surface area contributed by atoms with Gasteiger partial charge in [-0.15, -0.1) is 0 Å². The zero-order chi connectivity index (χ0) is 18.3. The quantitative estimate of drug-likeness (QED) is 0.643. The van der Waals surface area contributed by atoms with E-state index in [1.165, 1.54) is 28.7 Å². The fourth-order valence-corrected chi connectivity index (χ4v) is 3.58. The van der Waals surface area contributed by atoms with E-state index in [1.807, 2.05) is 0 Å². The van der Waals surface area contributed by atoms with Crippen LogP contribution in [0.25, 0.3) is 0 Å². The van der Waals surface area contributed by atoms with Gasteiger partial charge in [-0.05, 0) is 48.4 Å². The van der Waals surface area contributed by atoms with E-state index in [4.69, 9.17) is 4.74 Å². The van der Waals surface area contributed by atoms with Gasteiger partial charge >= 0.3 is 0 Å². The van der Waals surface area contributed by atoms with Crippen molar-refractivity contribution < 1.29 is 4.74 Å². The van der Waals surface area contributed by atoms with Gasteiger partial charge in [0.2, 0.25) is 0 Å². The second kappa shape index (κ2) is 9.17. The SMILES string of the molecule is CC[C@@H](C)Cc1ccccc1[C@](C)(NCCOC)c1ccccc1C. The monoisotopic (exact) mass is 339 g/mol. The highest BCUT2D eigenvalue weighted by atomic mass is 16.5. The minimum absolute atomic E-state index is 0.228. The third-order valence-electron chi connectivity index (χ3n) is 5.29. The first-order valence-corrected chi connectivity index (χ1v) is 9.41. The van der Waals surface area contributed by atoms with E-state index in [0.717, 1.165) is 13.0 Å². The summed E-state index contributed by atoms with van der Waals surface area (Å²) < 4.78 is 5.29. The first-order chi connectivity index (χ1) is 12.0. The molecule has 2 nitrogen and oxygen atoms in total. The lowest BCUT2D eigenvalue weighted by Gasteiger charge is -2.36. The van der Waals surface area contributed by atoms with E-state index in [1.54, 1.807) is 7.11 Å². The average molecular weight is 340 g/mol. The molecule has 2 aromatic rings. The number of benzene rings is 2. The molecule has 0 heterocycles. The van der Waals surface area contributed by atoms with Crippen LogP contribution in [0.2, 0.25) is 0 Å². The van der Waals surface area contributed by atoms with Gasteiger partial charge in [-0.25, -0.2) is 0 Å². The maximum atomic E-state index is 5.29. The molecule has 0 radical (unpaired) electrons. The maximum Gasteiger partial charge on any atom is 0.0667 e. The van der Waals surface area contributed by atoms with Crippen LogP contribution in [0.5, 0.6) is 0 Å². The molecule has 2 heteroatoms. The summed E-state index contributed by atoms with van der Waals surface area (Å²) in [5.74, 6) is 0.682. The summed E-state index contributed by atoms with van der Waals surface area (Å²) in [5.41, 5.74) is 5.23. The summed E-state index contributed by atoms with van der Waals surface area (Å²) in [4.78, 5) is 0. The number of methoxy groups -OCH3 is 1. The van der Waals surface area contributed by atoms with Crippen LogP contribution in [0.4, 0.5) is 0 Å². The summed E-state index contributed by atoms with van der Waals surface area (Å²) in [5, 5.41) is 3.78. The number of ether oxygens (including phenoxy) is 1. The van der Waals surface area contributed by atoms with Gasteiger partial charge in [0.1, 0.15) is 0 Å². The Balaban J connectivity index is 2.51. The lowest BCUT2D eigenvalue weighted by molar-refractivity contribution is 0.190. The third-order valence-corrected chi connectivity index (χ3v) is 5.29. The molecular formula is C23H33NO. The molecule has 0 aliphatic heterocycles. The fraction of sp³-hybridized carbons (Fsp3) is 0.478. The van der Waals surface area contributed by atoms with Crippen molar-refractivity contribution in [3.05, 3.63) is 70.8 Å². The number of hydrogen-bond acceptors (Lipinski definition) is 2. The Labute approximate surface area is 153 Å². The van der Waals surface area contributed by atoms with Crippen LogP contribution < -0.4 is 5.32 Å². The van der Waals surface area contributed by atoms with Crippen molar-refractivity contribution in [2.24, 2.45) is 5.92 Å². The molecule has 0 aliphatic carbocycles. The molecular weight excluding hydrogens is 306 g/mol. The van der Waals surface area contributed by atoms with Gasteiger partial charge in [-0.1, -0.05) is 68.8 Å². The Morgan fingerprint density at radius 2 is 1.68 bits per heavy atom. The minimum Gasteiger partial charge on any atom is -0.383 e. The number of nitrogens with one attached hydrogen (secondary N) is 1. The van der Waals surface area contributed by atoms with Crippen molar-refractivity contribution in [1.82, 2.24) is 5.32 Å². The van der Waals surface area contributed by atoms with Crippen molar-refractivity contribution >= 4 is 0 Å². The van der Waals surface area contributed by atoms with Crippen molar-refractivity contribution in [3.63, 3.8) is 0 Å². The van der Waals surface area contributed by atoms with E-state index < -0.39 is 0 Å². The van der Waals surface area contributed by atoms with Crippen LogP contribution in [0.3, 0.4) is 0 Å². The van der Waals surface area contributed by atoms with E-state index in [9.17, 15) is 0 Å². The van der Waals surface area contributed by atoms with Crippen LogP contribution in [0.15, 0.2) is 48.5 Å². The molecule has 1 N–H and O–H groups in total. The molecule has 25 heavy (non-hydrogen) atoms. The average Bonchev–Trinajstić information content (AvgIpc) is 2.62. The number of aryl methyl sites for hydroxylation is 1. The Kier molecular flexibility index (Phi) is 7.22. The molecule has 2 rings (SSSR count). The van der Waals surface area contributed by atoms with Gasteiger partial charge in [0.25, 0.3) is 0 Å². The second-order valence-corrected chi connectivity index (χ2v) is 7.23. The van der Waals surface area contributed by atoms with Crippen molar-refractivity contribution in [2.45, 2.75) is 46.1 Å². The first kappa shape index (κ1) is 19.7. The molecule has 2 atom stereocenters. The highest BCUT2D eigenvalue weighted by Crippen LogP contribution is 2.34. The van der Waals surface area contributed by atoms with Crippen LogP contribution in [0.1, 0.15) is 49.4 Å². The van der Waals surface area contributed by atoms with Gasteiger partial charge in [0.05, 0.1) is 12.1 Å². The van der Waals surface area contributed by atoms with Crippen LogP contribution in [-0.2, 0) is 16.7 Å². The second-order valence-electron chi connectivity index (χ2n) is 7.23. The van der Waals surface area contributed by atoms with Crippen LogP contribution in [-0.4, -0.2) is 20.3 Å². The predicted octanol–water partition coefficient (Wildman–Crippen LogP) is 5.08. The maximum absolute atomic E-state index is 5.29. The largest absolute Gasteiger partial charge is 0.383 e. The lowest BCUT2D eigenvalue weighted by Crippen LogP contribution is -2.43. The Bertz CT molecular complexity index is 667. The zero-order valence-corrected chi connectivity index (χ0v) is 16.4. The topological polar surface area (TPSA) is 21.3 Å². The summed E-state index contributed by atoms with van der Waals surface area (Å²) in [7, 11) is 1.75. The molecule has 0 unspecified atom stereocenters. The zero-order valence-electron chi connectivity index (χ0n) is 16.4. The van der Waals surface area contributed by atoms with Crippen molar-refractivity contribution in [1.29, 1.82) is 0 Å². The molecule has 0 bridgehead atoms. The van der Waals surface area contributed by atoms with Crippen molar-refractivity contribution in [3.8, 4) is 0 Å². The standard InChI is InChI=1S/C23H33NO/c1-6-18(2)17-20-12-8-10-14-22(20)23(4,24-15-16-25-5)21-13-9-7-11-19(21)3/h7-14,18,24H,6,15-17H2,1-5H3/t18-,23-/m1/s1. The molecule has 0 amide bonds. The molecule has 0 fully saturated rings. The summed E-state index contributed by atoms with van der Waals surface area (Å²) in [6, 6.07) is 17.6. The van der Waals surface area contributed by atoms with Crippen LogP contribution in [0, 0.1) is 12.8 Å². The Morgan fingerprint density at radius 1 is 1.04 bits per heavy atom. The van der Waals surface area contributed by atoms with Gasteiger partial charge < -0.3 is 10.1 Å². The molecule has 136 valence electrons. The van der Waals surface area contributed by atoms with Gasteiger partial charge in [0.15, 0.2) is 0 Å². The smallest absolute Gasteiger partial charge is 0.0667 e. The summed E-state index contributed by atoms with van der Waals surface area (Å²) in [6.45, 7) is 10.6. The van der Waals surface area contributed by atoms with Gasteiger partial charge in [-0.2, -0.15) is 0 Å². The molecule has 0 saturated carbocycles. The number of hydrogen-bond donors (Lipinski definition) is 1. The third kappa shape index (κ3) is 4.71. The van der Waals surface area contributed by atoms with Gasteiger partial charge in [-0.3, -0.25) is 0 Å². The molecule has 0 spiro atoms. The Hall–Kier alpha value is -1.64. The molecule has 2 aromatic carbocycles. The molecule has 0 saturated heterocycles. The van der Waals surface area contributed by atoms with E-state index in [0.29, 0.717) is 12.5 Å². The number of rotatable bonds is 9. The highest BCUT2D eigenvalue weighted by Gasteiger charge is 2.31. The highest BCUT2D eigenvalue weighted by molar-refractivity contribution is 5.45. The minimum atomic E-state index is -0.228. The van der Waals surface area contributed by atoms with Crippen LogP contribution >= 0.6 is 0 Å². The normalized spacial score (nSPS) is 14.9. The van der Waals surface area contributed by atoms with E-state index >= 15 is 0 Å². The summed E-state index contributed by atoms with van der Waals surface area (Å²) >= 11 is 0. The predicted molar refractivity (Wildman–Crippen MR) is 107 cm³/mol.